The maximum absolute atomic E-state index is 5.29. The van der Waals surface area contributed by atoms with Crippen molar-refractivity contribution in [3.8, 4) is 90.2 Å². The molecule has 8 aromatic carbocycles. The highest BCUT2D eigenvalue weighted by molar-refractivity contribution is 6.06. The summed E-state index contributed by atoms with van der Waals surface area (Å²) in [4.78, 5) is 20.7. The highest BCUT2D eigenvalue weighted by Gasteiger charge is 2.21. The van der Waals surface area contributed by atoms with E-state index in [0.717, 1.165) is 89.4 Å². The summed E-state index contributed by atoms with van der Waals surface area (Å²) in [5, 5.41) is 2.23. The van der Waals surface area contributed by atoms with E-state index in [1.807, 2.05) is 42.5 Å². The fourth-order valence-corrected chi connectivity index (χ4v) is 8.18. The van der Waals surface area contributed by atoms with E-state index in [1.54, 1.807) is 0 Å². The summed E-state index contributed by atoms with van der Waals surface area (Å²) >= 11 is 0. The van der Waals surface area contributed by atoms with Gasteiger partial charge in [-0.3, -0.25) is 4.40 Å². The molecule has 0 radical (unpaired) electrons. The van der Waals surface area contributed by atoms with Crippen molar-refractivity contribution in [3.05, 3.63) is 224 Å². The maximum Gasteiger partial charge on any atom is 0.163 e. The van der Waals surface area contributed by atoms with E-state index in [0.29, 0.717) is 11.6 Å². The smallest absolute Gasteiger partial charge is 0.163 e. The van der Waals surface area contributed by atoms with Gasteiger partial charge in [0, 0.05) is 38.6 Å². The Morgan fingerprint density at radius 2 is 0.623 bits per heavy atom. The number of fused-ring (bicyclic) bond motifs is 3. The fourth-order valence-electron chi connectivity index (χ4n) is 8.18. The Bertz CT molecular complexity index is 3290. The summed E-state index contributed by atoms with van der Waals surface area (Å²) in [6.45, 7) is 0. The van der Waals surface area contributed by atoms with Gasteiger partial charge in [0.2, 0.25) is 0 Å². The Labute approximate surface area is 354 Å². The van der Waals surface area contributed by atoms with Crippen LogP contribution in [0.5, 0.6) is 0 Å². The molecule has 0 amide bonds. The molecule has 5 heteroatoms. The summed E-state index contributed by atoms with van der Waals surface area (Å²) in [7, 11) is 0. The number of nitrogens with zero attached hydrogens (tertiary/aromatic N) is 5. The number of benzene rings is 8. The highest BCUT2D eigenvalue weighted by Crippen LogP contribution is 2.38. The largest absolute Gasteiger partial charge is 0.277 e. The van der Waals surface area contributed by atoms with Crippen molar-refractivity contribution in [1.29, 1.82) is 0 Å². The van der Waals surface area contributed by atoms with Gasteiger partial charge in [0.1, 0.15) is 11.5 Å². The van der Waals surface area contributed by atoms with E-state index in [1.165, 1.54) is 5.56 Å². The van der Waals surface area contributed by atoms with Crippen LogP contribution in [-0.4, -0.2) is 24.3 Å². The molecule has 0 aliphatic heterocycles. The minimum Gasteiger partial charge on any atom is -0.277 e. The van der Waals surface area contributed by atoms with Crippen LogP contribution in [0.1, 0.15) is 0 Å². The zero-order chi connectivity index (χ0) is 40.5. The van der Waals surface area contributed by atoms with Gasteiger partial charge < -0.3 is 0 Å². The molecule has 11 aromatic rings. The molecular formula is C56H37N5. The molecule has 0 aliphatic rings. The molecule has 0 saturated heterocycles. The van der Waals surface area contributed by atoms with Gasteiger partial charge >= 0.3 is 0 Å². The topological polar surface area (TPSA) is 56.0 Å². The van der Waals surface area contributed by atoms with Gasteiger partial charge in [-0.15, -0.1) is 0 Å². The third-order valence-electron chi connectivity index (χ3n) is 11.3. The molecular weight excluding hydrogens is 743 g/mol. The van der Waals surface area contributed by atoms with E-state index in [2.05, 4.69) is 186 Å². The van der Waals surface area contributed by atoms with Crippen LogP contribution < -0.4 is 0 Å². The summed E-state index contributed by atoms with van der Waals surface area (Å²) < 4.78 is 2.23. The van der Waals surface area contributed by atoms with Gasteiger partial charge in [-0.05, 0) is 33.9 Å². The molecule has 5 nitrogen and oxygen atoms in total. The van der Waals surface area contributed by atoms with Crippen LogP contribution in [0.25, 0.3) is 107 Å². The first-order chi connectivity index (χ1) is 30.2. The Hall–Kier alpha value is -8.28. The van der Waals surface area contributed by atoms with Crippen LogP contribution in [0.2, 0.25) is 0 Å². The van der Waals surface area contributed by atoms with Gasteiger partial charge in [-0.25, -0.2) is 19.9 Å². The van der Waals surface area contributed by atoms with Crippen LogP contribution in [0, 0.1) is 0 Å². The second-order valence-electron chi connectivity index (χ2n) is 15.1. The van der Waals surface area contributed by atoms with Crippen LogP contribution in [0.4, 0.5) is 0 Å². The monoisotopic (exact) mass is 779 g/mol. The molecule has 0 fully saturated rings. The predicted octanol–water partition coefficient (Wildman–Crippen LogP) is 14.0. The van der Waals surface area contributed by atoms with Crippen molar-refractivity contribution >= 4 is 16.4 Å². The Morgan fingerprint density at radius 3 is 1.18 bits per heavy atom. The Balaban J connectivity index is 0.967. The molecule has 3 aromatic heterocycles. The maximum atomic E-state index is 5.29. The van der Waals surface area contributed by atoms with E-state index in [-0.39, 0.29) is 0 Å². The molecule has 61 heavy (non-hydrogen) atoms. The highest BCUT2D eigenvalue weighted by atomic mass is 15.1. The minimum absolute atomic E-state index is 0.691. The van der Waals surface area contributed by atoms with Crippen molar-refractivity contribution in [2.75, 3.05) is 0 Å². The molecule has 0 N–H and O–H groups in total. The molecule has 0 atom stereocenters. The average molecular weight is 780 g/mol. The predicted molar refractivity (Wildman–Crippen MR) is 250 cm³/mol. The zero-order valence-corrected chi connectivity index (χ0v) is 33.1. The Kier molecular flexibility index (Phi) is 9.10. The normalized spacial score (nSPS) is 11.3. The number of hydrogen-bond acceptors (Lipinski definition) is 4. The first-order valence-electron chi connectivity index (χ1n) is 20.5. The van der Waals surface area contributed by atoms with E-state index in [4.69, 9.17) is 19.9 Å². The summed E-state index contributed by atoms with van der Waals surface area (Å²) in [5.74, 6) is 2.22. The van der Waals surface area contributed by atoms with Crippen LogP contribution in [-0.2, 0) is 0 Å². The fraction of sp³-hybridized carbons (Fsp3) is 0. The molecule has 11 rings (SSSR count). The number of hydrogen-bond donors (Lipinski definition) is 0. The quantitative estimate of drug-likeness (QED) is 0.154. The third-order valence-corrected chi connectivity index (χ3v) is 11.3. The van der Waals surface area contributed by atoms with Crippen LogP contribution in [0.15, 0.2) is 224 Å². The third kappa shape index (κ3) is 6.84. The first kappa shape index (κ1) is 35.8. The summed E-state index contributed by atoms with van der Waals surface area (Å²) in [6.07, 6.45) is 0. The zero-order valence-electron chi connectivity index (χ0n) is 33.1. The van der Waals surface area contributed by atoms with Gasteiger partial charge in [0.25, 0.3) is 0 Å². The van der Waals surface area contributed by atoms with Gasteiger partial charge in [-0.2, -0.15) is 0 Å². The van der Waals surface area contributed by atoms with Crippen molar-refractivity contribution in [2.45, 2.75) is 0 Å². The van der Waals surface area contributed by atoms with Gasteiger partial charge in [0.05, 0.1) is 17.1 Å². The molecule has 286 valence electrons. The second-order valence-corrected chi connectivity index (χ2v) is 15.1. The molecule has 0 saturated carbocycles. The molecule has 0 aliphatic carbocycles. The van der Waals surface area contributed by atoms with E-state index in [9.17, 15) is 0 Å². The van der Waals surface area contributed by atoms with Crippen molar-refractivity contribution in [1.82, 2.24) is 24.3 Å². The number of rotatable bonds is 8. The lowest BCUT2D eigenvalue weighted by molar-refractivity contribution is 1.05. The number of aromatic nitrogens is 5. The van der Waals surface area contributed by atoms with Crippen molar-refractivity contribution in [3.63, 3.8) is 0 Å². The second kappa shape index (κ2) is 15.5. The Morgan fingerprint density at radius 1 is 0.262 bits per heavy atom. The van der Waals surface area contributed by atoms with Crippen molar-refractivity contribution in [2.24, 2.45) is 0 Å². The van der Waals surface area contributed by atoms with Crippen LogP contribution in [0.3, 0.4) is 0 Å². The minimum atomic E-state index is 0.691. The lowest BCUT2D eigenvalue weighted by Crippen LogP contribution is -2.03. The molecule has 3 heterocycles. The standard InChI is InChI=1S/C56H37N5/c1-5-15-38(16-6-1)39-27-33-46(34-28-39)53-57-50(42-17-7-2-8-18-42)37-51(58-53)43-31-25-40(26-32-43)41-29-35-47(36-30-41)55-59-54(45-21-11-4-12-22-45)60-56-49-24-14-13-23-48(49)52(61(55)56)44-19-9-3-10-20-44/h1-37H. The van der Waals surface area contributed by atoms with Gasteiger partial charge in [0.15, 0.2) is 11.6 Å². The van der Waals surface area contributed by atoms with Gasteiger partial charge in [-0.1, -0.05) is 218 Å². The summed E-state index contributed by atoms with van der Waals surface area (Å²) in [5.41, 5.74) is 14.4. The van der Waals surface area contributed by atoms with Crippen LogP contribution >= 0.6 is 0 Å². The lowest BCUT2D eigenvalue weighted by atomic mass is 10.00. The summed E-state index contributed by atoms with van der Waals surface area (Å²) in [6, 6.07) is 77.9. The SMILES string of the molecule is c1ccc(-c2ccc(-c3nc(-c4ccccc4)cc(-c4ccc(-c5ccc(-c6nc(-c7ccccc7)nc7c8ccccc8c(-c8ccccc8)n67)cc5)cc4)n3)cc2)cc1. The lowest BCUT2D eigenvalue weighted by Gasteiger charge is -2.13. The first-order valence-corrected chi connectivity index (χ1v) is 20.5. The molecule has 0 unspecified atom stereocenters. The van der Waals surface area contributed by atoms with E-state index < -0.39 is 0 Å². The average Bonchev–Trinajstić information content (AvgIpc) is 3.69. The molecule has 0 bridgehead atoms. The molecule has 0 spiro atoms. The van der Waals surface area contributed by atoms with Crippen molar-refractivity contribution < 1.29 is 0 Å². The van der Waals surface area contributed by atoms with E-state index >= 15 is 0 Å².